The molecule has 0 aromatic carbocycles. The zero-order valence-electron chi connectivity index (χ0n) is 14.0. The fourth-order valence-corrected chi connectivity index (χ4v) is 3.75. The number of halogens is 1. The first-order chi connectivity index (χ1) is 11.2. The molecule has 24 heavy (non-hydrogen) atoms. The minimum atomic E-state index is 0. The van der Waals surface area contributed by atoms with Gasteiger partial charge in [-0.25, -0.2) is 0 Å². The first-order valence-corrected chi connectivity index (χ1v) is 9.17. The first-order valence-electron chi connectivity index (χ1n) is 8.29. The zero-order valence-corrected chi connectivity index (χ0v) is 15.6. The van der Waals surface area contributed by atoms with E-state index in [1.807, 2.05) is 6.07 Å². The lowest BCUT2D eigenvalue weighted by Crippen LogP contribution is -2.34. The van der Waals surface area contributed by atoms with Crippen LogP contribution >= 0.6 is 23.7 Å². The van der Waals surface area contributed by atoms with Crippen LogP contribution in [0, 0.1) is 0 Å². The number of thiophene rings is 1. The highest BCUT2D eigenvalue weighted by Gasteiger charge is 2.13. The fourth-order valence-electron chi connectivity index (χ4n) is 2.91. The Morgan fingerprint density at radius 1 is 1.54 bits per heavy atom. The van der Waals surface area contributed by atoms with E-state index >= 15 is 0 Å². The zero-order chi connectivity index (χ0) is 16.1. The summed E-state index contributed by atoms with van der Waals surface area (Å²) >= 11 is 1.74. The second-order valence-corrected chi connectivity index (χ2v) is 7.16. The van der Waals surface area contributed by atoms with Gasteiger partial charge in [-0.15, -0.1) is 23.7 Å². The molecule has 2 N–H and O–H groups in total. The summed E-state index contributed by atoms with van der Waals surface area (Å²) in [5.41, 5.74) is 2.24. The highest BCUT2D eigenvalue weighted by Crippen LogP contribution is 2.12. The van der Waals surface area contributed by atoms with Crippen molar-refractivity contribution < 1.29 is 4.79 Å². The van der Waals surface area contributed by atoms with Gasteiger partial charge >= 0.3 is 0 Å². The molecule has 0 spiro atoms. The van der Waals surface area contributed by atoms with E-state index < -0.39 is 0 Å². The van der Waals surface area contributed by atoms with Crippen LogP contribution in [0.2, 0.25) is 0 Å². The van der Waals surface area contributed by atoms with Crippen LogP contribution < -0.4 is 10.6 Å². The molecule has 5 nitrogen and oxygen atoms in total. The molecule has 7 heteroatoms. The Morgan fingerprint density at radius 3 is 3.21 bits per heavy atom. The van der Waals surface area contributed by atoms with Crippen LogP contribution in [0.5, 0.6) is 0 Å². The number of amides is 1. The topological polar surface area (TPSA) is 59.0 Å². The summed E-state index contributed by atoms with van der Waals surface area (Å²) < 4.78 is 2.08. The molecular formula is C17H25ClN4OS. The molecule has 0 bridgehead atoms. The maximum absolute atomic E-state index is 12.1. The maximum Gasteiger partial charge on any atom is 0.220 e. The number of aryl methyl sites for hydroxylation is 2. The summed E-state index contributed by atoms with van der Waals surface area (Å²) in [6.07, 6.45) is 3.21. The number of aromatic nitrogens is 2. The monoisotopic (exact) mass is 368 g/mol. The number of nitrogens with zero attached hydrogens (tertiary/aromatic N) is 2. The van der Waals surface area contributed by atoms with Gasteiger partial charge in [0.2, 0.25) is 5.91 Å². The van der Waals surface area contributed by atoms with Crippen molar-refractivity contribution >= 4 is 29.7 Å². The summed E-state index contributed by atoms with van der Waals surface area (Å²) in [5.74, 6) is 0.107. The van der Waals surface area contributed by atoms with E-state index in [0.29, 0.717) is 12.8 Å². The standard InChI is InChI=1S/C17H24N4OS.ClH/c1-13(10-16-4-2-9-23-16)19-17(22)6-5-14-11-15-12-18-7-3-8-21(15)20-14;/h2,4,9,11,13,18H,3,5-8,10,12H2,1H3,(H,19,22);1H. The highest BCUT2D eigenvalue weighted by atomic mass is 35.5. The lowest BCUT2D eigenvalue weighted by molar-refractivity contribution is -0.121. The normalized spacial score (nSPS) is 15.0. The van der Waals surface area contributed by atoms with Gasteiger partial charge in [-0.1, -0.05) is 6.07 Å². The third kappa shape index (κ3) is 5.33. The minimum Gasteiger partial charge on any atom is -0.353 e. The molecule has 3 heterocycles. The Labute approximate surface area is 153 Å². The van der Waals surface area contributed by atoms with Gasteiger partial charge < -0.3 is 10.6 Å². The summed E-state index contributed by atoms with van der Waals surface area (Å²) in [7, 11) is 0. The number of rotatable bonds is 6. The summed E-state index contributed by atoms with van der Waals surface area (Å²) in [5, 5.41) is 13.2. The van der Waals surface area contributed by atoms with Gasteiger partial charge in [0.15, 0.2) is 0 Å². The Morgan fingerprint density at radius 2 is 2.42 bits per heavy atom. The molecule has 1 atom stereocenters. The van der Waals surface area contributed by atoms with E-state index in [4.69, 9.17) is 0 Å². The van der Waals surface area contributed by atoms with Gasteiger partial charge in [-0.05, 0) is 37.4 Å². The molecule has 0 radical (unpaired) electrons. The molecular weight excluding hydrogens is 344 g/mol. The van der Waals surface area contributed by atoms with Gasteiger partial charge in [-0.3, -0.25) is 9.48 Å². The van der Waals surface area contributed by atoms with Crippen LogP contribution in [0.15, 0.2) is 23.6 Å². The second-order valence-electron chi connectivity index (χ2n) is 6.13. The average Bonchev–Trinajstić information content (AvgIpc) is 3.10. The first kappa shape index (κ1) is 19.0. The lowest BCUT2D eigenvalue weighted by Gasteiger charge is -2.12. The van der Waals surface area contributed by atoms with Crippen LogP contribution in [-0.4, -0.2) is 28.3 Å². The molecule has 0 aliphatic carbocycles. The molecule has 1 aliphatic heterocycles. The van der Waals surface area contributed by atoms with E-state index in [0.717, 1.165) is 38.2 Å². The maximum atomic E-state index is 12.1. The Bertz CT molecular complexity index is 618. The van der Waals surface area contributed by atoms with E-state index in [9.17, 15) is 4.79 Å². The van der Waals surface area contributed by atoms with Crippen molar-refractivity contribution in [1.29, 1.82) is 0 Å². The Balaban J connectivity index is 0.00000208. The third-order valence-corrected chi connectivity index (χ3v) is 4.95. The molecule has 2 aromatic rings. The third-order valence-electron chi connectivity index (χ3n) is 4.05. The van der Waals surface area contributed by atoms with E-state index in [-0.39, 0.29) is 24.4 Å². The average molecular weight is 369 g/mol. The Kier molecular flexibility index (Phi) is 7.27. The molecule has 1 unspecified atom stereocenters. The molecule has 0 fully saturated rings. The Hall–Kier alpha value is -1.37. The second kappa shape index (κ2) is 9.20. The van der Waals surface area contributed by atoms with Crippen molar-refractivity contribution in [2.75, 3.05) is 6.54 Å². The van der Waals surface area contributed by atoms with E-state index in [1.165, 1.54) is 10.6 Å². The number of fused-ring (bicyclic) bond motifs is 1. The van der Waals surface area contributed by atoms with Crippen LogP contribution in [0.3, 0.4) is 0 Å². The molecule has 3 rings (SSSR count). The molecule has 0 saturated heterocycles. The molecule has 2 aromatic heterocycles. The van der Waals surface area contributed by atoms with Gasteiger partial charge in [0, 0.05) is 43.3 Å². The van der Waals surface area contributed by atoms with Gasteiger partial charge in [0.1, 0.15) is 0 Å². The summed E-state index contributed by atoms with van der Waals surface area (Å²) in [4.78, 5) is 13.4. The van der Waals surface area contributed by atoms with Gasteiger partial charge in [-0.2, -0.15) is 5.10 Å². The number of hydrogen-bond donors (Lipinski definition) is 2. The van der Waals surface area contributed by atoms with Crippen molar-refractivity contribution in [3.63, 3.8) is 0 Å². The molecule has 0 saturated carbocycles. The van der Waals surface area contributed by atoms with Crippen molar-refractivity contribution in [3.05, 3.63) is 39.8 Å². The largest absolute Gasteiger partial charge is 0.353 e. The van der Waals surface area contributed by atoms with Crippen LogP contribution in [0.25, 0.3) is 0 Å². The quantitative estimate of drug-likeness (QED) is 0.823. The highest BCUT2D eigenvalue weighted by molar-refractivity contribution is 7.09. The van der Waals surface area contributed by atoms with Crippen molar-refractivity contribution in [2.45, 2.75) is 51.7 Å². The van der Waals surface area contributed by atoms with Crippen LogP contribution in [0.1, 0.15) is 36.0 Å². The number of carbonyl (C=O) groups is 1. The smallest absolute Gasteiger partial charge is 0.220 e. The summed E-state index contributed by atoms with van der Waals surface area (Å²) in [6, 6.07) is 6.45. The molecule has 132 valence electrons. The van der Waals surface area contributed by atoms with Crippen LogP contribution in [0.4, 0.5) is 0 Å². The number of nitrogens with one attached hydrogen (secondary N) is 2. The predicted molar refractivity (Wildman–Crippen MR) is 99.7 cm³/mol. The minimum absolute atomic E-state index is 0. The van der Waals surface area contributed by atoms with Crippen molar-refractivity contribution in [1.82, 2.24) is 20.4 Å². The molecule has 1 aliphatic rings. The predicted octanol–water partition coefficient (Wildman–Crippen LogP) is 2.54. The summed E-state index contributed by atoms with van der Waals surface area (Å²) in [6.45, 7) is 4.94. The molecule has 1 amide bonds. The van der Waals surface area contributed by atoms with Crippen LogP contribution in [-0.2, 0) is 30.7 Å². The lowest BCUT2D eigenvalue weighted by atomic mass is 10.1. The number of carbonyl (C=O) groups excluding carboxylic acids is 1. The SMILES string of the molecule is CC(Cc1cccs1)NC(=O)CCc1cc2n(n1)CCCNC2.Cl. The van der Waals surface area contributed by atoms with E-state index in [2.05, 4.69) is 44.9 Å². The van der Waals surface area contributed by atoms with Gasteiger partial charge in [0.25, 0.3) is 0 Å². The fraction of sp³-hybridized carbons (Fsp3) is 0.529. The number of hydrogen-bond acceptors (Lipinski definition) is 4. The van der Waals surface area contributed by atoms with Crippen molar-refractivity contribution in [3.8, 4) is 0 Å². The van der Waals surface area contributed by atoms with E-state index in [1.54, 1.807) is 11.3 Å². The van der Waals surface area contributed by atoms with Gasteiger partial charge in [0.05, 0.1) is 11.4 Å². The van der Waals surface area contributed by atoms with Crippen molar-refractivity contribution in [2.24, 2.45) is 0 Å².